The monoisotopic (exact) mass is 331 g/mol. The highest BCUT2D eigenvalue weighted by atomic mass is 16.5. The topological polar surface area (TPSA) is 82.2 Å². The Morgan fingerprint density at radius 3 is 3.17 bits per heavy atom. The number of aryl methyl sites for hydroxylation is 2. The minimum absolute atomic E-state index is 0.0911. The molecular formula is C16H21N5O3. The van der Waals surface area contributed by atoms with Gasteiger partial charge in [0, 0.05) is 26.6 Å². The normalized spacial score (nSPS) is 23.6. The molecule has 2 aromatic rings. The molecule has 2 aliphatic rings. The summed E-state index contributed by atoms with van der Waals surface area (Å²) in [6, 6.07) is 0.210. The highest BCUT2D eigenvalue weighted by molar-refractivity contribution is 5.77. The van der Waals surface area contributed by atoms with Gasteiger partial charge in [-0.15, -0.1) is 0 Å². The molecule has 2 aromatic heterocycles. The van der Waals surface area contributed by atoms with Gasteiger partial charge in [0.1, 0.15) is 5.39 Å². The Kier molecular flexibility index (Phi) is 3.84. The summed E-state index contributed by atoms with van der Waals surface area (Å²) in [5, 5.41) is 4.54. The van der Waals surface area contributed by atoms with Gasteiger partial charge in [-0.3, -0.25) is 18.8 Å². The van der Waals surface area contributed by atoms with E-state index >= 15 is 0 Å². The summed E-state index contributed by atoms with van der Waals surface area (Å²) in [6.45, 7) is 1.59. The molecule has 1 saturated heterocycles. The quantitative estimate of drug-likeness (QED) is 0.808. The Bertz CT molecular complexity index is 827. The van der Waals surface area contributed by atoms with Crippen LogP contribution < -0.4 is 5.56 Å². The molecule has 24 heavy (non-hydrogen) atoms. The SMILES string of the molecule is Cn1ncc2c(=O)n(CCC(=O)N3CCO[C@@H]4CCC[C@H]43)cnc21. The Morgan fingerprint density at radius 2 is 2.29 bits per heavy atom. The first-order chi connectivity index (χ1) is 11.6. The molecule has 0 unspecified atom stereocenters. The lowest BCUT2D eigenvalue weighted by Crippen LogP contribution is -2.51. The third-order valence-corrected chi connectivity index (χ3v) is 5.09. The van der Waals surface area contributed by atoms with E-state index in [1.165, 1.54) is 17.1 Å². The number of nitrogens with zero attached hydrogens (tertiary/aromatic N) is 5. The number of amides is 1. The van der Waals surface area contributed by atoms with Crippen LogP contribution in [0.2, 0.25) is 0 Å². The van der Waals surface area contributed by atoms with Gasteiger partial charge in [-0.25, -0.2) is 4.98 Å². The number of carbonyl (C=O) groups excluding carboxylic acids is 1. The number of rotatable bonds is 3. The van der Waals surface area contributed by atoms with Crippen LogP contribution in [0.1, 0.15) is 25.7 Å². The molecular weight excluding hydrogens is 310 g/mol. The van der Waals surface area contributed by atoms with Crippen molar-refractivity contribution < 1.29 is 9.53 Å². The Balaban J connectivity index is 1.47. The molecule has 1 aliphatic heterocycles. The van der Waals surface area contributed by atoms with E-state index in [9.17, 15) is 9.59 Å². The van der Waals surface area contributed by atoms with Crippen molar-refractivity contribution in [3.63, 3.8) is 0 Å². The molecule has 0 aromatic carbocycles. The highest BCUT2D eigenvalue weighted by Gasteiger charge is 2.38. The first-order valence-corrected chi connectivity index (χ1v) is 8.43. The summed E-state index contributed by atoms with van der Waals surface area (Å²) < 4.78 is 8.81. The minimum atomic E-state index is -0.151. The number of ether oxygens (including phenoxy) is 1. The van der Waals surface area contributed by atoms with Crippen LogP contribution in [0.4, 0.5) is 0 Å². The van der Waals surface area contributed by atoms with E-state index in [1.54, 1.807) is 11.7 Å². The van der Waals surface area contributed by atoms with Gasteiger partial charge < -0.3 is 9.64 Å². The van der Waals surface area contributed by atoms with Crippen molar-refractivity contribution in [3.05, 3.63) is 22.9 Å². The second kappa shape index (κ2) is 6.01. The van der Waals surface area contributed by atoms with Crippen LogP contribution in [0, 0.1) is 0 Å². The predicted octanol–water partition coefficient (Wildman–Crippen LogP) is 0.300. The summed E-state index contributed by atoms with van der Waals surface area (Å²) in [6.07, 6.45) is 6.68. The lowest BCUT2D eigenvalue weighted by Gasteiger charge is -2.37. The number of morpholine rings is 1. The Hall–Kier alpha value is -2.22. The number of aromatic nitrogens is 4. The van der Waals surface area contributed by atoms with E-state index in [4.69, 9.17) is 4.74 Å². The molecule has 3 heterocycles. The average molecular weight is 331 g/mol. The van der Waals surface area contributed by atoms with E-state index in [0.717, 1.165) is 19.3 Å². The largest absolute Gasteiger partial charge is 0.374 e. The van der Waals surface area contributed by atoms with Gasteiger partial charge in [-0.1, -0.05) is 0 Å². The molecule has 0 radical (unpaired) electrons. The summed E-state index contributed by atoms with van der Waals surface area (Å²) in [4.78, 5) is 31.3. The molecule has 2 fully saturated rings. The van der Waals surface area contributed by atoms with Crippen LogP contribution in [0.25, 0.3) is 11.0 Å². The van der Waals surface area contributed by atoms with Gasteiger partial charge in [0.05, 0.1) is 31.3 Å². The fraction of sp³-hybridized carbons (Fsp3) is 0.625. The van der Waals surface area contributed by atoms with E-state index in [-0.39, 0.29) is 23.6 Å². The lowest BCUT2D eigenvalue weighted by atomic mass is 10.1. The van der Waals surface area contributed by atoms with E-state index in [1.807, 2.05) is 4.90 Å². The van der Waals surface area contributed by atoms with Crippen molar-refractivity contribution in [2.75, 3.05) is 13.2 Å². The number of hydrogen-bond acceptors (Lipinski definition) is 5. The Morgan fingerprint density at radius 1 is 1.42 bits per heavy atom. The van der Waals surface area contributed by atoms with E-state index < -0.39 is 0 Å². The van der Waals surface area contributed by atoms with Crippen molar-refractivity contribution in [2.45, 2.75) is 44.4 Å². The summed E-state index contributed by atoms with van der Waals surface area (Å²) in [5.74, 6) is 0.0911. The van der Waals surface area contributed by atoms with Crippen LogP contribution in [0.15, 0.2) is 17.3 Å². The van der Waals surface area contributed by atoms with Gasteiger partial charge >= 0.3 is 0 Å². The van der Waals surface area contributed by atoms with Gasteiger partial charge in [0.25, 0.3) is 5.56 Å². The smallest absolute Gasteiger partial charge is 0.264 e. The third-order valence-electron chi connectivity index (χ3n) is 5.09. The summed E-state index contributed by atoms with van der Waals surface area (Å²) in [7, 11) is 1.75. The zero-order valence-electron chi connectivity index (χ0n) is 13.7. The maximum Gasteiger partial charge on any atom is 0.264 e. The van der Waals surface area contributed by atoms with Gasteiger partial charge in [0.2, 0.25) is 5.91 Å². The number of fused-ring (bicyclic) bond motifs is 2. The predicted molar refractivity (Wildman–Crippen MR) is 86.5 cm³/mol. The zero-order chi connectivity index (χ0) is 16.7. The van der Waals surface area contributed by atoms with Crippen molar-refractivity contribution in [1.29, 1.82) is 0 Å². The maximum atomic E-state index is 12.6. The molecule has 1 saturated carbocycles. The second-order valence-electron chi connectivity index (χ2n) is 6.49. The minimum Gasteiger partial charge on any atom is -0.374 e. The molecule has 8 nitrogen and oxygen atoms in total. The summed E-state index contributed by atoms with van der Waals surface area (Å²) >= 11 is 0. The van der Waals surface area contributed by atoms with Crippen molar-refractivity contribution >= 4 is 16.9 Å². The van der Waals surface area contributed by atoms with Crippen LogP contribution >= 0.6 is 0 Å². The van der Waals surface area contributed by atoms with Crippen molar-refractivity contribution in [2.24, 2.45) is 7.05 Å². The third kappa shape index (κ3) is 2.50. The van der Waals surface area contributed by atoms with Crippen molar-refractivity contribution in [1.82, 2.24) is 24.2 Å². The molecule has 2 atom stereocenters. The molecule has 1 amide bonds. The van der Waals surface area contributed by atoms with E-state index in [2.05, 4.69) is 10.1 Å². The second-order valence-corrected chi connectivity index (χ2v) is 6.49. The summed E-state index contributed by atoms with van der Waals surface area (Å²) in [5.41, 5.74) is 0.408. The average Bonchev–Trinajstić information content (AvgIpc) is 3.21. The first kappa shape index (κ1) is 15.3. The highest BCUT2D eigenvalue weighted by Crippen LogP contribution is 2.30. The molecule has 0 spiro atoms. The number of hydrogen-bond donors (Lipinski definition) is 0. The molecule has 4 rings (SSSR count). The Labute approximate surface area is 139 Å². The van der Waals surface area contributed by atoms with Gasteiger partial charge in [-0.2, -0.15) is 5.10 Å². The van der Waals surface area contributed by atoms with E-state index in [0.29, 0.717) is 37.2 Å². The van der Waals surface area contributed by atoms with Gasteiger partial charge in [-0.05, 0) is 19.3 Å². The molecule has 128 valence electrons. The van der Waals surface area contributed by atoms with Crippen LogP contribution in [-0.2, 0) is 23.1 Å². The fourth-order valence-electron chi connectivity index (χ4n) is 3.82. The van der Waals surface area contributed by atoms with Crippen LogP contribution in [0.3, 0.4) is 0 Å². The number of carbonyl (C=O) groups is 1. The molecule has 0 bridgehead atoms. The zero-order valence-corrected chi connectivity index (χ0v) is 13.7. The molecule has 1 aliphatic carbocycles. The van der Waals surface area contributed by atoms with Gasteiger partial charge in [0.15, 0.2) is 5.65 Å². The first-order valence-electron chi connectivity index (χ1n) is 8.43. The molecule has 8 heteroatoms. The maximum absolute atomic E-state index is 12.6. The fourth-order valence-corrected chi connectivity index (χ4v) is 3.82. The van der Waals surface area contributed by atoms with Crippen molar-refractivity contribution in [3.8, 4) is 0 Å². The standard InChI is InChI=1S/C16H21N5O3/c1-19-15-11(9-18-19)16(23)20(10-17-15)6-5-14(22)21-7-8-24-13-4-2-3-12(13)21/h9-10,12-13H,2-8H2,1H3/t12-,13-/m1/s1. The van der Waals surface area contributed by atoms with Crippen LogP contribution in [-0.4, -0.2) is 55.4 Å². The lowest BCUT2D eigenvalue weighted by molar-refractivity contribution is -0.144. The van der Waals surface area contributed by atoms with Crippen LogP contribution in [0.5, 0.6) is 0 Å². The molecule has 0 N–H and O–H groups in total.